The van der Waals surface area contributed by atoms with Gasteiger partial charge in [-0.15, -0.1) is 0 Å². The third-order valence-corrected chi connectivity index (χ3v) is 7.50. The van der Waals surface area contributed by atoms with Crippen molar-refractivity contribution in [2.75, 3.05) is 31.1 Å². The third-order valence-electron chi connectivity index (χ3n) is 5.61. The van der Waals surface area contributed by atoms with Crippen LogP contribution < -0.4 is 4.90 Å². The lowest BCUT2D eigenvalue weighted by molar-refractivity contribution is -0.384. The van der Waals surface area contributed by atoms with Gasteiger partial charge in [0.1, 0.15) is 5.69 Å². The first-order valence-corrected chi connectivity index (χ1v) is 11.0. The zero-order chi connectivity index (χ0) is 19.6. The van der Waals surface area contributed by atoms with Gasteiger partial charge in [-0.1, -0.05) is 19.8 Å². The van der Waals surface area contributed by atoms with Gasteiger partial charge in [-0.05, 0) is 37.3 Å². The van der Waals surface area contributed by atoms with Gasteiger partial charge in [0.25, 0.3) is 5.69 Å². The lowest BCUT2D eigenvalue weighted by Gasteiger charge is -2.35. The molecule has 27 heavy (non-hydrogen) atoms. The zero-order valence-electron chi connectivity index (χ0n) is 15.6. The number of hydrogen-bond donors (Lipinski definition) is 1. The Balaban J connectivity index is 1.92. The van der Waals surface area contributed by atoms with Crippen molar-refractivity contribution < 1.29 is 18.4 Å². The summed E-state index contributed by atoms with van der Waals surface area (Å²) in [6.45, 7) is 3.76. The van der Waals surface area contributed by atoms with Crippen LogP contribution in [0.15, 0.2) is 23.1 Å². The molecule has 2 fully saturated rings. The highest BCUT2D eigenvalue weighted by Gasteiger charge is 2.31. The first-order chi connectivity index (χ1) is 12.8. The standard InChI is InChI=1S/C18H27N3O5S/c1-14-8-11-19(13-18(14)22)16-7-6-15(12-17(16)21(23)24)27(25,26)20-9-4-2-3-5-10-20/h6-7,12,14,18,22H,2-5,8-11,13H2,1H3. The Morgan fingerprint density at radius 3 is 2.41 bits per heavy atom. The Kier molecular flexibility index (Phi) is 6.02. The van der Waals surface area contributed by atoms with Crippen molar-refractivity contribution in [3.8, 4) is 0 Å². The van der Waals surface area contributed by atoms with Crippen molar-refractivity contribution in [3.63, 3.8) is 0 Å². The largest absolute Gasteiger partial charge is 0.391 e. The van der Waals surface area contributed by atoms with E-state index in [1.807, 2.05) is 6.92 Å². The molecule has 2 aliphatic heterocycles. The summed E-state index contributed by atoms with van der Waals surface area (Å²) in [5.74, 6) is 0.142. The highest BCUT2D eigenvalue weighted by atomic mass is 32.2. The number of nitro benzene ring substituents is 1. The molecule has 1 aromatic carbocycles. The Hall–Kier alpha value is -1.71. The van der Waals surface area contributed by atoms with Crippen LogP contribution in [0.4, 0.5) is 11.4 Å². The summed E-state index contributed by atoms with van der Waals surface area (Å²) in [7, 11) is -3.75. The first kappa shape index (κ1) is 20.0. The van der Waals surface area contributed by atoms with Crippen LogP contribution in [0.2, 0.25) is 0 Å². The van der Waals surface area contributed by atoms with Gasteiger partial charge in [-0.2, -0.15) is 4.31 Å². The molecule has 0 radical (unpaired) electrons. The molecule has 0 aromatic heterocycles. The summed E-state index contributed by atoms with van der Waals surface area (Å²) in [4.78, 5) is 12.8. The van der Waals surface area contributed by atoms with Gasteiger partial charge in [-0.3, -0.25) is 10.1 Å². The van der Waals surface area contributed by atoms with Gasteiger partial charge < -0.3 is 10.0 Å². The predicted octanol–water partition coefficient (Wildman–Crippen LogP) is 2.37. The Labute approximate surface area is 160 Å². The van der Waals surface area contributed by atoms with Crippen molar-refractivity contribution >= 4 is 21.4 Å². The number of rotatable bonds is 4. The smallest absolute Gasteiger partial charge is 0.293 e. The number of aliphatic hydroxyl groups is 1. The second kappa shape index (κ2) is 8.12. The molecule has 0 aliphatic carbocycles. The van der Waals surface area contributed by atoms with Crippen LogP contribution in [0.1, 0.15) is 39.0 Å². The van der Waals surface area contributed by atoms with Crippen molar-refractivity contribution in [1.82, 2.24) is 4.31 Å². The first-order valence-electron chi connectivity index (χ1n) is 9.52. The molecule has 0 spiro atoms. The minimum Gasteiger partial charge on any atom is -0.391 e. The van der Waals surface area contributed by atoms with E-state index in [1.165, 1.54) is 22.5 Å². The maximum atomic E-state index is 12.9. The van der Waals surface area contributed by atoms with Crippen molar-refractivity contribution in [3.05, 3.63) is 28.3 Å². The molecule has 1 N–H and O–H groups in total. The van der Waals surface area contributed by atoms with E-state index in [2.05, 4.69) is 0 Å². The fourth-order valence-electron chi connectivity index (χ4n) is 3.78. The van der Waals surface area contributed by atoms with Crippen LogP contribution in [0.3, 0.4) is 0 Å². The molecule has 2 unspecified atom stereocenters. The van der Waals surface area contributed by atoms with E-state index >= 15 is 0 Å². The molecule has 0 bridgehead atoms. The molecule has 0 amide bonds. The molecule has 1 aromatic rings. The van der Waals surface area contributed by atoms with Crippen LogP contribution in [-0.4, -0.2) is 55.0 Å². The van der Waals surface area contributed by atoms with E-state index in [0.717, 1.165) is 32.1 Å². The SMILES string of the molecule is CC1CCN(c2ccc(S(=O)(=O)N3CCCCCC3)cc2[N+](=O)[O-])CC1O. The number of hydrogen-bond acceptors (Lipinski definition) is 6. The van der Waals surface area contributed by atoms with E-state index in [4.69, 9.17) is 0 Å². The molecular formula is C18H27N3O5S. The molecule has 2 atom stereocenters. The highest BCUT2D eigenvalue weighted by Crippen LogP contribution is 2.34. The summed E-state index contributed by atoms with van der Waals surface area (Å²) in [5.41, 5.74) is 0.133. The molecule has 2 saturated heterocycles. The molecule has 2 aliphatic rings. The number of anilines is 1. The van der Waals surface area contributed by atoms with Gasteiger partial charge in [-0.25, -0.2) is 8.42 Å². The Morgan fingerprint density at radius 2 is 1.81 bits per heavy atom. The average Bonchev–Trinajstić information content (AvgIpc) is 2.93. The van der Waals surface area contributed by atoms with Gasteiger partial charge in [0.15, 0.2) is 0 Å². The molecule has 9 heteroatoms. The average molecular weight is 397 g/mol. The zero-order valence-corrected chi connectivity index (χ0v) is 16.4. The van der Waals surface area contributed by atoms with E-state index < -0.39 is 21.1 Å². The quantitative estimate of drug-likeness (QED) is 0.618. The summed E-state index contributed by atoms with van der Waals surface area (Å²) >= 11 is 0. The van der Waals surface area contributed by atoms with E-state index in [9.17, 15) is 23.6 Å². The minimum atomic E-state index is -3.75. The molecular weight excluding hydrogens is 370 g/mol. The Bertz CT molecular complexity index is 790. The van der Waals surface area contributed by atoms with E-state index in [-0.39, 0.29) is 16.5 Å². The summed E-state index contributed by atoms with van der Waals surface area (Å²) in [5, 5.41) is 21.7. The van der Waals surface area contributed by atoms with Gasteiger partial charge >= 0.3 is 0 Å². The van der Waals surface area contributed by atoms with Gasteiger partial charge in [0, 0.05) is 32.2 Å². The maximum Gasteiger partial charge on any atom is 0.293 e. The summed E-state index contributed by atoms with van der Waals surface area (Å²) < 4.78 is 27.3. The van der Waals surface area contributed by atoms with E-state index in [0.29, 0.717) is 31.9 Å². The third kappa shape index (κ3) is 4.25. The lowest BCUT2D eigenvalue weighted by Crippen LogP contribution is -2.43. The van der Waals surface area contributed by atoms with Crippen LogP contribution in [0, 0.1) is 16.0 Å². The van der Waals surface area contributed by atoms with Crippen LogP contribution in [0.25, 0.3) is 0 Å². The number of nitrogens with zero attached hydrogens (tertiary/aromatic N) is 3. The van der Waals surface area contributed by atoms with Crippen LogP contribution in [0.5, 0.6) is 0 Å². The molecule has 0 saturated carbocycles. The fraction of sp³-hybridized carbons (Fsp3) is 0.667. The summed E-state index contributed by atoms with van der Waals surface area (Å²) in [6.07, 6.45) is 3.79. The monoisotopic (exact) mass is 397 g/mol. The summed E-state index contributed by atoms with van der Waals surface area (Å²) in [6, 6.07) is 4.12. The van der Waals surface area contributed by atoms with Crippen molar-refractivity contribution in [2.45, 2.75) is 50.0 Å². The van der Waals surface area contributed by atoms with Gasteiger partial charge in [0.2, 0.25) is 10.0 Å². The Morgan fingerprint density at radius 1 is 1.15 bits per heavy atom. The number of nitro groups is 1. The molecule has 150 valence electrons. The fourth-order valence-corrected chi connectivity index (χ4v) is 5.31. The number of aliphatic hydroxyl groups excluding tert-OH is 1. The second-order valence-corrected chi connectivity index (χ2v) is 9.44. The van der Waals surface area contributed by atoms with Crippen LogP contribution >= 0.6 is 0 Å². The molecule has 2 heterocycles. The second-order valence-electron chi connectivity index (χ2n) is 7.51. The number of piperidine rings is 1. The van der Waals surface area contributed by atoms with Crippen LogP contribution in [-0.2, 0) is 10.0 Å². The normalized spacial score (nSPS) is 25.2. The van der Waals surface area contributed by atoms with Crippen molar-refractivity contribution in [1.29, 1.82) is 0 Å². The van der Waals surface area contributed by atoms with E-state index in [1.54, 1.807) is 4.90 Å². The number of β-amino-alcohol motifs (C(OH)–C–C–N with tert-alkyl or cyclic N) is 1. The number of sulfonamides is 1. The topological polar surface area (TPSA) is 104 Å². The number of benzene rings is 1. The minimum absolute atomic E-state index is 0.0363. The van der Waals surface area contributed by atoms with Crippen molar-refractivity contribution in [2.24, 2.45) is 5.92 Å². The molecule has 8 nitrogen and oxygen atoms in total. The molecule has 3 rings (SSSR count). The van der Waals surface area contributed by atoms with Gasteiger partial charge in [0.05, 0.1) is 15.9 Å². The highest BCUT2D eigenvalue weighted by molar-refractivity contribution is 7.89. The predicted molar refractivity (Wildman–Crippen MR) is 102 cm³/mol. The maximum absolute atomic E-state index is 12.9. The lowest BCUT2D eigenvalue weighted by atomic mass is 9.95.